The van der Waals surface area contributed by atoms with Crippen molar-refractivity contribution in [3.05, 3.63) is 34.6 Å². The molecule has 1 rings (SSSR count). The van der Waals surface area contributed by atoms with Gasteiger partial charge in [0, 0.05) is 11.6 Å². The molecule has 2 unspecified atom stereocenters. The van der Waals surface area contributed by atoms with Crippen molar-refractivity contribution in [1.29, 1.82) is 0 Å². The van der Waals surface area contributed by atoms with Crippen molar-refractivity contribution in [1.82, 2.24) is 5.32 Å². The summed E-state index contributed by atoms with van der Waals surface area (Å²) in [7, 11) is 1.65. The number of aliphatic hydroxyl groups is 2. The summed E-state index contributed by atoms with van der Waals surface area (Å²) in [6.07, 6.45) is -2.14. The van der Waals surface area contributed by atoms with Crippen LogP contribution in [0.3, 0.4) is 0 Å². The third-order valence-electron chi connectivity index (χ3n) is 2.00. The van der Waals surface area contributed by atoms with E-state index in [0.29, 0.717) is 0 Å². The fourth-order valence-corrected chi connectivity index (χ4v) is 1.52. The average molecular weight is 234 g/mol. The highest BCUT2D eigenvalue weighted by atomic mass is 35.5. The molecule has 0 aliphatic carbocycles. The van der Waals surface area contributed by atoms with E-state index in [1.807, 2.05) is 0 Å². The molecule has 0 amide bonds. The SMILES string of the molecule is CNCC(O)C(O)c1cc(F)cc(Cl)c1. The van der Waals surface area contributed by atoms with E-state index in [1.54, 1.807) is 7.05 Å². The van der Waals surface area contributed by atoms with Crippen LogP contribution in [0.25, 0.3) is 0 Å². The van der Waals surface area contributed by atoms with Crippen molar-refractivity contribution in [2.75, 3.05) is 13.6 Å². The molecule has 0 heterocycles. The minimum Gasteiger partial charge on any atom is -0.389 e. The first-order valence-corrected chi connectivity index (χ1v) is 4.89. The van der Waals surface area contributed by atoms with Gasteiger partial charge in [0.15, 0.2) is 0 Å². The molecule has 0 aromatic heterocycles. The molecule has 0 aliphatic rings. The van der Waals surface area contributed by atoms with Crippen molar-refractivity contribution in [2.24, 2.45) is 0 Å². The molecule has 1 aromatic rings. The lowest BCUT2D eigenvalue weighted by atomic mass is 10.0. The lowest BCUT2D eigenvalue weighted by Gasteiger charge is -2.17. The number of nitrogens with one attached hydrogen (secondary N) is 1. The number of aliphatic hydroxyl groups excluding tert-OH is 2. The van der Waals surface area contributed by atoms with Gasteiger partial charge in [-0.3, -0.25) is 0 Å². The molecule has 0 aliphatic heterocycles. The first-order chi connectivity index (χ1) is 7.04. The van der Waals surface area contributed by atoms with Crippen LogP contribution in [0.1, 0.15) is 11.7 Å². The van der Waals surface area contributed by atoms with E-state index in [-0.39, 0.29) is 17.1 Å². The first kappa shape index (κ1) is 12.4. The van der Waals surface area contributed by atoms with Crippen LogP contribution in [0.4, 0.5) is 4.39 Å². The molecule has 2 atom stereocenters. The third kappa shape index (κ3) is 3.43. The molecule has 0 saturated heterocycles. The number of hydrogen-bond donors (Lipinski definition) is 3. The summed E-state index contributed by atoms with van der Waals surface area (Å²) in [5.41, 5.74) is 0.266. The third-order valence-corrected chi connectivity index (χ3v) is 2.22. The van der Waals surface area contributed by atoms with Crippen LogP contribution in [-0.4, -0.2) is 29.9 Å². The van der Waals surface area contributed by atoms with Gasteiger partial charge in [-0.1, -0.05) is 11.6 Å². The van der Waals surface area contributed by atoms with Crippen molar-refractivity contribution in [3.63, 3.8) is 0 Å². The molecular formula is C10H13ClFNO2. The Morgan fingerprint density at radius 3 is 2.60 bits per heavy atom. The minimum atomic E-state index is -1.15. The van der Waals surface area contributed by atoms with Crippen LogP contribution in [0.5, 0.6) is 0 Å². The van der Waals surface area contributed by atoms with Gasteiger partial charge in [-0.25, -0.2) is 4.39 Å². The molecule has 3 N–H and O–H groups in total. The molecule has 0 saturated carbocycles. The lowest BCUT2D eigenvalue weighted by Crippen LogP contribution is -2.29. The van der Waals surface area contributed by atoms with Gasteiger partial charge < -0.3 is 15.5 Å². The maximum atomic E-state index is 12.9. The maximum absolute atomic E-state index is 12.9. The largest absolute Gasteiger partial charge is 0.389 e. The number of halogens is 2. The number of hydrogen-bond acceptors (Lipinski definition) is 3. The Kier molecular flexibility index (Phi) is 4.47. The van der Waals surface area contributed by atoms with Crippen LogP contribution < -0.4 is 5.32 Å². The van der Waals surface area contributed by atoms with Crippen LogP contribution in [0.2, 0.25) is 5.02 Å². The highest BCUT2D eigenvalue weighted by Crippen LogP contribution is 2.22. The Hall–Kier alpha value is -0.680. The fraction of sp³-hybridized carbons (Fsp3) is 0.400. The summed E-state index contributed by atoms with van der Waals surface area (Å²) in [4.78, 5) is 0. The van der Waals surface area contributed by atoms with Gasteiger partial charge in [-0.05, 0) is 30.8 Å². The predicted molar refractivity (Wildman–Crippen MR) is 56.3 cm³/mol. The van der Waals surface area contributed by atoms with Crippen LogP contribution in [0.15, 0.2) is 18.2 Å². The zero-order valence-corrected chi connectivity index (χ0v) is 9.00. The van der Waals surface area contributed by atoms with Crippen molar-refractivity contribution in [2.45, 2.75) is 12.2 Å². The maximum Gasteiger partial charge on any atom is 0.125 e. The Morgan fingerprint density at radius 2 is 2.07 bits per heavy atom. The smallest absolute Gasteiger partial charge is 0.125 e. The summed E-state index contributed by atoms with van der Waals surface area (Å²) in [6.45, 7) is 0.218. The Bertz CT molecular complexity index is 315. The quantitative estimate of drug-likeness (QED) is 0.730. The van der Waals surface area contributed by atoms with Crippen molar-refractivity contribution in [3.8, 4) is 0 Å². The molecule has 0 fully saturated rings. The standard InChI is InChI=1S/C10H13ClFNO2/c1-13-5-9(14)10(15)6-2-7(11)4-8(12)3-6/h2-4,9-10,13-15H,5H2,1H3. The summed E-state index contributed by atoms with van der Waals surface area (Å²) in [5.74, 6) is -0.534. The molecular weight excluding hydrogens is 221 g/mol. The molecule has 3 nitrogen and oxygen atoms in total. The van der Waals surface area contributed by atoms with Gasteiger partial charge in [-0.2, -0.15) is 0 Å². The molecule has 0 spiro atoms. The van der Waals surface area contributed by atoms with Gasteiger partial charge in [0.1, 0.15) is 11.9 Å². The molecule has 15 heavy (non-hydrogen) atoms. The van der Waals surface area contributed by atoms with E-state index in [9.17, 15) is 14.6 Å². The molecule has 0 bridgehead atoms. The second kappa shape index (κ2) is 5.42. The van der Waals surface area contributed by atoms with Crippen molar-refractivity contribution >= 4 is 11.6 Å². The predicted octanol–water partition coefficient (Wildman–Crippen LogP) is 1.09. The van der Waals surface area contributed by atoms with E-state index >= 15 is 0 Å². The highest BCUT2D eigenvalue weighted by molar-refractivity contribution is 6.30. The topological polar surface area (TPSA) is 52.5 Å². The minimum absolute atomic E-state index is 0.195. The van der Waals surface area contributed by atoms with E-state index in [0.717, 1.165) is 12.1 Å². The number of benzene rings is 1. The van der Waals surface area contributed by atoms with Crippen molar-refractivity contribution < 1.29 is 14.6 Å². The zero-order valence-electron chi connectivity index (χ0n) is 8.24. The van der Waals surface area contributed by atoms with E-state index in [2.05, 4.69) is 5.32 Å². The average Bonchev–Trinajstić information content (AvgIpc) is 2.15. The van der Waals surface area contributed by atoms with Gasteiger partial charge in [0.2, 0.25) is 0 Å². The Balaban J connectivity index is 2.85. The van der Waals surface area contributed by atoms with E-state index < -0.39 is 18.0 Å². The number of rotatable bonds is 4. The Morgan fingerprint density at radius 1 is 1.40 bits per heavy atom. The molecule has 0 radical (unpaired) electrons. The van der Waals surface area contributed by atoms with Gasteiger partial charge >= 0.3 is 0 Å². The first-order valence-electron chi connectivity index (χ1n) is 4.51. The molecule has 84 valence electrons. The fourth-order valence-electron chi connectivity index (χ4n) is 1.29. The zero-order chi connectivity index (χ0) is 11.4. The summed E-state index contributed by atoms with van der Waals surface area (Å²) in [5, 5.41) is 22.0. The van der Waals surface area contributed by atoms with Gasteiger partial charge in [0.05, 0.1) is 6.10 Å². The Labute approximate surface area is 92.5 Å². The van der Waals surface area contributed by atoms with Gasteiger partial charge in [-0.15, -0.1) is 0 Å². The summed E-state index contributed by atoms with van der Waals surface area (Å²) < 4.78 is 12.9. The van der Waals surface area contributed by atoms with E-state index in [4.69, 9.17) is 11.6 Å². The van der Waals surface area contributed by atoms with E-state index in [1.165, 1.54) is 6.07 Å². The summed E-state index contributed by atoms with van der Waals surface area (Å²) in [6, 6.07) is 3.71. The lowest BCUT2D eigenvalue weighted by molar-refractivity contribution is 0.0201. The van der Waals surface area contributed by atoms with Crippen LogP contribution in [0, 0.1) is 5.82 Å². The normalized spacial score (nSPS) is 15.0. The number of likely N-dealkylation sites (N-methyl/N-ethyl adjacent to an activating group) is 1. The highest BCUT2D eigenvalue weighted by Gasteiger charge is 2.18. The molecule has 5 heteroatoms. The summed E-state index contributed by atoms with van der Waals surface area (Å²) >= 11 is 5.63. The monoisotopic (exact) mass is 233 g/mol. The molecule has 1 aromatic carbocycles. The van der Waals surface area contributed by atoms with Crippen LogP contribution in [-0.2, 0) is 0 Å². The van der Waals surface area contributed by atoms with Crippen LogP contribution >= 0.6 is 11.6 Å². The van der Waals surface area contributed by atoms with Gasteiger partial charge in [0.25, 0.3) is 0 Å². The second-order valence-electron chi connectivity index (χ2n) is 3.27. The second-order valence-corrected chi connectivity index (χ2v) is 3.71.